The van der Waals surface area contributed by atoms with E-state index in [-0.39, 0.29) is 12.1 Å². The number of piperidine rings is 1. The summed E-state index contributed by atoms with van der Waals surface area (Å²) in [5, 5.41) is 16.9. The minimum absolute atomic E-state index is 0.0517. The van der Waals surface area contributed by atoms with Gasteiger partial charge in [-0.1, -0.05) is 24.3 Å². The first-order chi connectivity index (χ1) is 13.5. The van der Waals surface area contributed by atoms with Gasteiger partial charge in [-0.15, -0.1) is 0 Å². The molecule has 0 spiro atoms. The van der Waals surface area contributed by atoms with E-state index in [4.69, 9.17) is 21.3 Å². The Bertz CT molecular complexity index is 921. The average Bonchev–Trinajstić information content (AvgIpc) is 2.71. The molecule has 2 heterocycles. The summed E-state index contributed by atoms with van der Waals surface area (Å²) in [5.41, 5.74) is 8.85. The van der Waals surface area contributed by atoms with Crippen molar-refractivity contribution in [1.29, 1.82) is 10.8 Å². The standard InChI is InChI=1S/C22H29N5O/c1-15-6-4-5-13-26(15)22(25)27-14-16(9-12-21(27)24)28-20-11-10-19(23)17-7-2-3-8-18(17)20/h2-3,7-9,12,14-15,19-20,24-25H,4-6,10-11,13,23H2,1H3. The molecule has 1 aromatic heterocycles. The molecule has 2 aromatic rings. The van der Waals surface area contributed by atoms with Crippen molar-refractivity contribution in [3.63, 3.8) is 0 Å². The first-order valence-corrected chi connectivity index (χ1v) is 10.2. The summed E-state index contributed by atoms with van der Waals surface area (Å²) in [6.07, 6.45) is 6.87. The third-order valence-electron chi connectivity index (χ3n) is 5.99. The molecule has 148 valence electrons. The van der Waals surface area contributed by atoms with Gasteiger partial charge in [0.25, 0.3) is 0 Å². The quantitative estimate of drug-likeness (QED) is 0.550. The lowest BCUT2D eigenvalue weighted by molar-refractivity contribution is 0.175. The monoisotopic (exact) mass is 379 g/mol. The fourth-order valence-corrected chi connectivity index (χ4v) is 4.35. The number of benzene rings is 1. The van der Waals surface area contributed by atoms with Crippen LogP contribution in [-0.4, -0.2) is 28.0 Å². The summed E-state index contributed by atoms with van der Waals surface area (Å²) < 4.78 is 7.94. The number of aromatic nitrogens is 1. The van der Waals surface area contributed by atoms with Gasteiger partial charge in [0.15, 0.2) is 0 Å². The molecule has 1 saturated heterocycles. The predicted molar refractivity (Wildman–Crippen MR) is 109 cm³/mol. The minimum Gasteiger partial charge on any atom is -0.484 e. The molecule has 6 heteroatoms. The molecular weight excluding hydrogens is 350 g/mol. The lowest BCUT2D eigenvalue weighted by atomic mass is 9.86. The third kappa shape index (κ3) is 3.56. The number of hydrogen-bond donors (Lipinski definition) is 3. The van der Waals surface area contributed by atoms with Crippen molar-refractivity contribution in [2.75, 3.05) is 6.54 Å². The largest absolute Gasteiger partial charge is 0.484 e. The van der Waals surface area contributed by atoms with Crippen LogP contribution >= 0.6 is 0 Å². The summed E-state index contributed by atoms with van der Waals surface area (Å²) >= 11 is 0. The van der Waals surface area contributed by atoms with Gasteiger partial charge in [0.1, 0.15) is 17.3 Å². The van der Waals surface area contributed by atoms with E-state index in [1.54, 1.807) is 16.8 Å². The van der Waals surface area contributed by atoms with E-state index >= 15 is 0 Å². The maximum atomic E-state index is 8.65. The molecule has 0 radical (unpaired) electrons. The van der Waals surface area contributed by atoms with Crippen LogP contribution in [0.2, 0.25) is 0 Å². The maximum Gasteiger partial charge on any atom is 0.204 e. The zero-order valence-electron chi connectivity index (χ0n) is 16.4. The van der Waals surface area contributed by atoms with E-state index in [0.717, 1.165) is 43.4 Å². The molecule has 4 rings (SSSR count). The molecule has 0 bridgehead atoms. The SMILES string of the molecule is CC1CCCCN1C(=N)n1cc(OC2CCC(N)c3ccccc32)ccc1=N. The van der Waals surface area contributed by atoms with Crippen LogP contribution in [0, 0.1) is 10.8 Å². The summed E-state index contributed by atoms with van der Waals surface area (Å²) in [5.74, 6) is 1.04. The molecule has 1 aliphatic carbocycles. The van der Waals surface area contributed by atoms with Gasteiger partial charge >= 0.3 is 0 Å². The average molecular weight is 380 g/mol. The molecular formula is C22H29N5O. The van der Waals surface area contributed by atoms with Crippen molar-refractivity contribution in [3.8, 4) is 5.75 Å². The Morgan fingerprint density at radius 2 is 1.86 bits per heavy atom. The number of nitrogens with zero attached hydrogens (tertiary/aromatic N) is 2. The highest BCUT2D eigenvalue weighted by atomic mass is 16.5. The van der Waals surface area contributed by atoms with Crippen LogP contribution in [-0.2, 0) is 0 Å². The number of hydrogen-bond acceptors (Lipinski definition) is 4. The normalized spacial score (nSPS) is 24.5. The van der Waals surface area contributed by atoms with Crippen LogP contribution < -0.4 is 16.0 Å². The molecule has 0 saturated carbocycles. The topological polar surface area (TPSA) is 91.1 Å². The fraction of sp³-hybridized carbons (Fsp3) is 0.455. The lowest BCUT2D eigenvalue weighted by Crippen LogP contribution is -2.47. The van der Waals surface area contributed by atoms with Crippen LogP contribution in [0.25, 0.3) is 0 Å². The smallest absolute Gasteiger partial charge is 0.204 e. The molecule has 1 fully saturated rings. The van der Waals surface area contributed by atoms with Crippen LogP contribution in [0.1, 0.15) is 62.3 Å². The zero-order valence-corrected chi connectivity index (χ0v) is 16.4. The number of likely N-dealkylation sites (tertiary alicyclic amines) is 1. The van der Waals surface area contributed by atoms with Gasteiger partial charge in [0.2, 0.25) is 5.96 Å². The van der Waals surface area contributed by atoms with Gasteiger partial charge in [-0.3, -0.25) is 15.4 Å². The second-order valence-corrected chi connectivity index (χ2v) is 7.90. The molecule has 4 N–H and O–H groups in total. The van der Waals surface area contributed by atoms with Crippen molar-refractivity contribution in [3.05, 3.63) is 59.2 Å². The highest BCUT2D eigenvalue weighted by Gasteiger charge is 2.27. The molecule has 28 heavy (non-hydrogen) atoms. The predicted octanol–water partition coefficient (Wildman–Crippen LogP) is 3.54. The second-order valence-electron chi connectivity index (χ2n) is 7.90. The van der Waals surface area contributed by atoms with Crippen molar-refractivity contribution in [1.82, 2.24) is 9.47 Å². The Morgan fingerprint density at radius 1 is 1.07 bits per heavy atom. The first kappa shape index (κ1) is 18.7. The third-order valence-corrected chi connectivity index (χ3v) is 5.99. The molecule has 6 nitrogen and oxygen atoms in total. The van der Waals surface area contributed by atoms with E-state index in [1.165, 1.54) is 6.42 Å². The van der Waals surface area contributed by atoms with E-state index in [1.807, 2.05) is 18.2 Å². The van der Waals surface area contributed by atoms with Gasteiger partial charge in [-0.05, 0) is 62.3 Å². The van der Waals surface area contributed by atoms with E-state index in [9.17, 15) is 0 Å². The van der Waals surface area contributed by atoms with E-state index in [0.29, 0.717) is 23.2 Å². The molecule has 3 unspecified atom stereocenters. The zero-order chi connectivity index (χ0) is 19.7. The fourth-order valence-electron chi connectivity index (χ4n) is 4.35. The number of rotatable bonds is 2. The van der Waals surface area contributed by atoms with Crippen molar-refractivity contribution in [2.24, 2.45) is 5.73 Å². The van der Waals surface area contributed by atoms with Crippen LogP contribution in [0.3, 0.4) is 0 Å². The Labute approximate surface area is 166 Å². The number of nitrogens with one attached hydrogen (secondary N) is 2. The second kappa shape index (κ2) is 7.80. The van der Waals surface area contributed by atoms with Crippen molar-refractivity contribution >= 4 is 5.96 Å². The summed E-state index contributed by atoms with van der Waals surface area (Å²) in [7, 11) is 0. The van der Waals surface area contributed by atoms with Crippen LogP contribution in [0.15, 0.2) is 42.6 Å². The Hall–Kier alpha value is -2.60. The maximum absolute atomic E-state index is 8.65. The number of nitrogens with two attached hydrogens (primary N) is 1. The Morgan fingerprint density at radius 3 is 2.64 bits per heavy atom. The van der Waals surface area contributed by atoms with Crippen LogP contribution in [0.4, 0.5) is 0 Å². The van der Waals surface area contributed by atoms with Gasteiger partial charge in [-0.25, -0.2) is 0 Å². The lowest BCUT2D eigenvalue weighted by Gasteiger charge is -2.35. The van der Waals surface area contributed by atoms with Gasteiger partial charge in [-0.2, -0.15) is 0 Å². The molecule has 1 aliphatic heterocycles. The number of pyridine rings is 1. The van der Waals surface area contributed by atoms with Crippen molar-refractivity contribution < 1.29 is 4.74 Å². The van der Waals surface area contributed by atoms with E-state index in [2.05, 4.69) is 24.0 Å². The van der Waals surface area contributed by atoms with Crippen molar-refractivity contribution in [2.45, 2.75) is 57.2 Å². The minimum atomic E-state index is -0.0517. The van der Waals surface area contributed by atoms with Crippen LogP contribution in [0.5, 0.6) is 5.75 Å². The highest BCUT2D eigenvalue weighted by molar-refractivity contribution is 5.79. The molecule has 0 amide bonds. The van der Waals surface area contributed by atoms with Gasteiger partial charge in [0, 0.05) is 18.6 Å². The van der Waals surface area contributed by atoms with Gasteiger partial charge < -0.3 is 15.4 Å². The Kier molecular flexibility index (Phi) is 5.22. The van der Waals surface area contributed by atoms with E-state index < -0.39 is 0 Å². The number of ether oxygens (including phenoxy) is 1. The Balaban J connectivity index is 1.59. The summed E-state index contributed by atoms with van der Waals surface area (Å²) in [4.78, 5) is 2.08. The molecule has 2 aliphatic rings. The molecule has 1 aromatic carbocycles. The summed E-state index contributed by atoms with van der Waals surface area (Å²) in [6, 6.07) is 12.1. The first-order valence-electron chi connectivity index (χ1n) is 10.2. The number of fused-ring (bicyclic) bond motifs is 1. The highest BCUT2D eigenvalue weighted by Crippen LogP contribution is 2.37. The summed E-state index contributed by atoms with van der Waals surface area (Å²) in [6.45, 7) is 3.02. The molecule has 3 atom stereocenters. The van der Waals surface area contributed by atoms with Gasteiger partial charge in [0.05, 0.1) is 6.20 Å².